The standard InChI is InChI=1S/C25H27N5O3/c1-17-20(6-9-22-23(17)15-33-25(22)32)5-2-18-10-12-29(13-11-18)24(31)14-19-3-7-21(8-4-19)30-16-26-27-28-30/h3-4,6-9,16,18H,2,5,10-15H2,1H3. The summed E-state index contributed by atoms with van der Waals surface area (Å²) >= 11 is 0. The molecule has 1 amide bonds. The number of ether oxygens (including phenoxy) is 1. The maximum absolute atomic E-state index is 12.8. The van der Waals surface area contributed by atoms with Gasteiger partial charge in [0.2, 0.25) is 5.91 Å². The number of cyclic esters (lactones) is 1. The van der Waals surface area contributed by atoms with Crippen molar-refractivity contribution in [1.29, 1.82) is 0 Å². The van der Waals surface area contributed by atoms with E-state index in [1.807, 2.05) is 35.2 Å². The van der Waals surface area contributed by atoms with E-state index in [4.69, 9.17) is 4.74 Å². The van der Waals surface area contributed by atoms with Crippen LogP contribution in [0.1, 0.15) is 51.9 Å². The van der Waals surface area contributed by atoms with Gasteiger partial charge in [-0.25, -0.2) is 9.48 Å². The van der Waals surface area contributed by atoms with E-state index in [-0.39, 0.29) is 11.9 Å². The van der Waals surface area contributed by atoms with Gasteiger partial charge in [-0.1, -0.05) is 18.2 Å². The second-order valence-electron chi connectivity index (χ2n) is 8.91. The number of benzene rings is 2. The Morgan fingerprint density at radius 3 is 2.64 bits per heavy atom. The van der Waals surface area contributed by atoms with Crippen molar-refractivity contribution in [3.63, 3.8) is 0 Å². The zero-order chi connectivity index (χ0) is 22.8. The van der Waals surface area contributed by atoms with Gasteiger partial charge in [0.25, 0.3) is 0 Å². The lowest BCUT2D eigenvalue weighted by Crippen LogP contribution is -2.39. The van der Waals surface area contributed by atoms with Crippen LogP contribution in [-0.2, 0) is 29.0 Å². The summed E-state index contributed by atoms with van der Waals surface area (Å²) in [4.78, 5) is 26.5. The van der Waals surface area contributed by atoms with Crippen LogP contribution in [0.3, 0.4) is 0 Å². The number of esters is 1. The van der Waals surface area contributed by atoms with E-state index in [0.717, 1.165) is 55.6 Å². The number of nitrogens with zero attached hydrogens (tertiary/aromatic N) is 5. The van der Waals surface area contributed by atoms with Crippen LogP contribution in [0.5, 0.6) is 0 Å². The average Bonchev–Trinajstić information content (AvgIpc) is 3.50. The maximum atomic E-state index is 12.8. The average molecular weight is 446 g/mol. The summed E-state index contributed by atoms with van der Waals surface area (Å²) in [6, 6.07) is 11.7. The first-order chi connectivity index (χ1) is 16.1. The van der Waals surface area contributed by atoms with Gasteiger partial charge in [0.15, 0.2) is 0 Å². The summed E-state index contributed by atoms with van der Waals surface area (Å²) in [5, 5.41) is 11.2. The summed E-state index contributed by atoms with van der Waals surface area (Å²) in [6.45, 7) is 4.12. The predicted octanol–water partition coefficient (Wildman–Crippen LogP) is 3.06. The van der Waals surface area contributed by atoms with Crippen LogP contribution in [0, 0.1) is 12.8 Å². The Bertz CT molecular complexity index is 1150. The number of hydrogen-bond donors (Lipinski definition) is 0. The number of amides is 1. The molecule has 2 aliphatic rings. The quantitative estimate of drug-likeness (QED) is 0.542. The lowest BCUT2D eigenvalue weighted by Gasteiger charge is -2.32. The van der Waals surface area contributed by atoms with E-state index in [2.05, 4.69) is 28.5 Å². The Balaban J connectivity index is 1.10. The van der Waals surface area contributed by atoms with Gasteiger partial charge in [-0.05, 0) is 83.8 Å². The zero-order valence-corrected chi connectivity index (χ0v) is 18.7. The van der Waals surface area contributed by atoms with Gasteiger partial charge >= 0.3 is 5.97 Å². The summed E-state index contributed by atoms with van der Waals surface area (Å²) in [6.07, 6.45) is 6.14. The second-order valence-corrected chi connectivity index (χ2v) is 8.91. The van der Waals surface area contributed by atoms with Gasteiger partial charge in [-0.3, -0.25) is 4.79 Å². The molecule has 0 saturated carbocycles. The molecule has 2 aliphatic heterocycles. The first-order valence-corrected chi connectivity index (χ1v) is 11.5. The monoisotopic (exact) mass is 445 g/mol. The van der Waals surface area contributed by atoms with Crippen LogP contribution in [0.15, 0.2) is 42.7 Å². The number of tetrazole rings is 1. The van der Waals surface area contributed by atoms with E-state index < -0.39 is 0 Å². The van der Waals surface area contributed by atoms with Gasteiger partial charge < -0.3 is 9.64 Å². The van der Waals surface area contributed by atoms with Gasteiger partial charge in [0.1, 0.15) is 12.9 Å². The molecular weight excluding hydrogens is 418 g/mol. The third-order valence-corrected chi connectivity index (χ3v) is 6.97. The molecule has 5 rings (SSSR count). The Kier molecular flexibility index (Phi) is 5.90. The highest BCUT2D eigenvalue weighted by Crippen LogP contribution is 2.29. The molecule has 3 aromatic rings. The first kappa shape index (κ1) is 21.3. The molecule has 3 heterocycles. The van der Waals surface area contributed by atoms with Crippen LogP contribution in [0.25, 0.3) is 5.69 Å². The number of carbonyl (C=O) groups excluding carboxylic acids is 2. The Hall–Kier alpha value is -3.55. The van der Waals surface area contributed by atoms with Gasteiger partial charge in [0, 0.05) is 18.7 Å². The fraction of sp³-hybridized carbons (Fsp3) is 0.400. The molecule has 2 aromatic carbocycles. The smallest absolute Gasteiger partial charge is 0.338 e. The molecule has 0 bridgehead atoms. The van der Waals surface area contributed by atoms with Gasteiger partial charge in [-0.2, -0.15) is 0 Å². The van der Waals surface area contributed by atoms with Crippen molar-refractivity contribution in [2.75, 3.05) is 13.1 Å². The minimum absolute atomic E-state index is 0.183. The molecule has 0 N–H and O–H groups in total. The van der Waals surface area contributed by atoms with E-state index in [9.17, 15) is 9.59 Å². The largest absolute Gasteiger partial charge is 0.457 e. The van der Waals surface area contributed by atoms with Crippen molar-refractivity contribution in [1.82, 2.24) is 25.1 Å². The summed E-state index contributed by atoms with van der Waals surface area (Å²) in [5.74, 6) is 0.595. The minimum Gasteiger partial charge on any atom is -0.457 e. The fourth-order valence-electron chi connectivity index (χ4n) is 4.83. The number of aryl methyl sites for hydroxylation is 1. The van der Waals surface area contributed by atoms with E-state index in [0.29, 0.717) is 24.5 Å². The van der Waals surface area contributed by atoms with Crippen LogP contribution >= 0.6 is 0 Å². The molecule has 33 heavy (non-hydrogen) atoms. The lowest BCUT2D eigenvalue weighted by molar-refractivity contribution is -0.131. The maximum Gasteiger partial charge on any atom is 0.338 e. The number of hydrogen-bond acceptors (Lipinski definition) is 6. The molecular formula is C25H27N5O3. The zero-order valence-electron chi connectivity index (χ0n) is 18.7. The molecule has 1 fully saturated rings. The van der Waals surface area contributed by atoms with Crippen LogP contribution < -0.4 is 0 Å². The van der Waals surface area contributed by atoms with Gasteiger partial charge in [0.05, 0.1) is 17.7 Å². The van der Waals surface area contributed by atoms with Crippen molar-refractivity contribution in [2.24, 2.45) is 5.92 Å². The van der Waals surface area contributed by atoms with E-state index >= 15 is 0 Å². The van der Waals surface area contributed by atoms with Crippen molar-refractivity contribution >= 4 is 11.9 Å². The van der Waals surface area contributed by atoms with E-state index in [1.54, 1.807) is 11.0 Å². The highest BCUT2D eigenvalue weighted by Gasteiger charge is 2.25. The molecule has 0 spiro atoms. The molecule has 0 unspecified atom stereocenters. The van der Waals surface area contributed by atoms with Gasteiger partial charge in [-0.15, -0.1) is 5.10 Å². The Morgan fingerprint density at radius 2 is 1.91 bits per heavy atom. The van der Waals surface area contributed by atoms with Crippen molar-refractivity contribution < 1.29 is 14.3 Å². The number of likely N-dealkylation sites (tertiary alicyclic amines) is 1. The Labute approximate surface area is 192 Å². The molecule has 0 atom stereocenters. The SMILES string of the molecule is Cc1c(CCC2CCN(C(=O)Cc3ccc(-n4cnnn4)cc3)CC2)ccc2c1COC2=O. The number of piperidine rings is 1. The van der Waals surface area contributed by atoms with Crippen molar-refractivity contribution in [3.8, 4) is 5.69 Å². The molecule has 8 nitrogen and oxygen atoms in total. The summed E-state index contributed by atoms with van der Waals surface area (Å²) < 4.78 is 6.76. The lowest BCUT2D eigenvalue weighted by atomic mass is 9.88. The van der Waals surface area contributed by atoms with Crippen molar-refractivity contribution in [3.05, 3.63) is 70.5 Å². The van der Waals surface area contributed by atoms with Crippen LogP contribution in [-0.4, -0.2) is 50.1 Å². The van der Waals surface area contributed by atoms with Crippen LogP contribution in [0.2, 0.25) is 0 Å². The highest BCUT2D eigenvalue weighted by molar-refractivity contribution is 5.93. The van der Waals surface area contributed by atoms with Crippen LogP contribution in [0.4, 0.5) is 0 Å². The summed E-state index contributed by atoms with van der Waals surface area (Å²) in [7, 11) is 0. The molecule has 1 saturated heterocycles. The Morgan fingerprint density at radius 1 is 1.12 bits per heavy atom. The molecule has 1 aromatic heterocycles. The number of carbonyl (C=O) groups is 2. The number of fused-ring (bicyclic) bond motifs is 1. The minimum atomic E-state index is -0.208. The third-order valence-electron chi connectivity index (χ3n) is 6.97. The number of rotatable bonds is 6. The third kappa shape index (κ3) is 4.51. The first-order valence-electron chi connectivity index (χ1n) is 11.5. The fourth-order valence-corrected chi connectivity index (χ4v) is 4.83. The summed E-state index contributed by atoms with van der Waals surface area (Å²) in [5.41, 5.74) is 6.12. The molecule has 0 radical (unpaired) electrons. The van der Waals surface area contributed by atoms with E-state index in [1.165, 1.54) is 11.1 Å². The van der Waals surface area contributed by atoms with Crippen molar-refractivity contribution in [2.45, 2.75) is 45.6 Å². The normalized spacial score (nSPS) is 16.0. The second kappa shape index (κ2) is 9.13. The topological polar surface area (TPSA) is 90.2 Å². The molecule has 170 valence electrons. The highest BCUT2D eigenvalue weighted by atomic mass is 16.5. The predicted molar refractivity (Wildman–Crippen MR) is 121 cm³/mol. The molecule has 0 aliphatic carbocycles. The number of aromatic nitrogens is 4. The molecule has 8 heteroatoms.